The maximum atomic E-state index is 7.85. The number of fused-ring (bicyclic) bond motifs is 1. The van der Waals surface area contributed by atoms with Gasteiger partial charge in [0.25, 0.3) is 0 Å². The van der Waals surface area contributed by atoms with Crippen LogP contribution in [-0.4, -0.2) is 17.1 Å². The zero-order valence-electron chi connectivity index (χ0n) is 10.9. The normalized spacial score (nSPS) is 10.2. The van der Waals surface area contributed by atoms with Gasteiger partial charge < -0.3 is 0 Å². The summed E-state index contributed by atoms with van der Waals surface area (Å²) in [5.74, 6) is 1.95. The van der Waals surface area contributed by atoms with Crippen molar-refractivity contribution in [3.05, 3.63) is 48.0 Å². The van der Waals surface area contributed by atoms with E-state index in [-0.39, 0.29) is 12.4 Å². The van der Waals surface area contributed by atoms with E-state index in [4.69, 9.17) is 5.41 Å². The maximum absolute atomic E-state index is 7.85. The van der Waals surface area contributed by atoms with E-state index < -0.39 is 0 Å². The summed E-state index contributed by atoms with van der Waals surface area (Å²) in [5, 5.41) is 11.2. The molecule has 0 bridgehead atoms. The molecule has 1 nitrogen and oxygen atoms in total. The van der Waals surface area contributed by atoms with Gasteiger partial charge in [0.05, 0.1) is 5.04 Å². The Morgan fingerprint density at radius 2 is 1.84 bits per heavy atom. The number of nitrogens with one attached hydrogen (secondary N) is 1. The molecule has 0 unspecified atom stereocenters. The average Bonchev–Trinajstić information content (AvgIpc) is 2.42. The Hall–Kier alpha value is -0.640. The molecule has 19 heavy (non-hydrogen) atoms. The predicted molar refractivity (Wildman–Crippen MR) is 93.2 cm³/mol. The van der Waals surface area contributed by atoms with Gasteiger partial charge in [-0.15, -0.1) is 24.2 Å². The van der Waals surface area contributed by atoms with Gasteiger partial charge in [-0.1, -0.05) is 42.5 Å². The first-order valence-corrected chi connectivity index (χ1v) is 8.34. The van der Waals surface area contributed by atoms with E-state index in [2.05, 4.69) is 48.7 Å². The molecule has 2 aromatic carbocycles. The van der Waals surface area contributed by atoms with Gasteiger partial charge >= 0.3 is 0 Å². The van der Waals surface area contributed by atoms with Gasteiger partial charge in [-0.2, -0.15) is 11.8 Å². The summed E-state index contributed by atoms with van der Waals surface area (Å²) in [5.41, 5.74) is 1.30. The van der Waals surface area contributed by atoms with Crippen molar-refractivity contribution in [2.45, 2.75) is 12.2 Å². The fraction of sp³-hybridized carbons (Fsp3) is 0.267. The minimum Gasteiger partial charge on any atom is -0.298 e. The van der Waals surface area contributed by atoms with Crippen LogP contribution >= 0.6 is 35.9 Å². The van der Waals surface area contributed by atoms with Gasteiger partial charge in [0.2, 0.25) is 0 Å². The molecule has 0 aliphatic carbocycles. The van der Waals surface area contributed by atoms with Crippen molar-refractivity contribution in [3.63, 3.8) is 0 Å². The van der Waals surface area contributed by atoms with Crippen LogP contribution in [0.3, 0.4) is 0 Å². The number of halogens is 1. The third-order valence-corrected chi connectivity index (χ3v) is 4.40. The Morgan fingerprint density at radius 3 is 2.58 bits per heavy atom. The Balaban J connectivity index is 0.00000180. The largest absolute Gasteiger partial charge is 0.298 e. The van der Waals surface area contributed by atoms with E-state index in [1.165, 1.54) is 16.3 Å². The molecular weight excluding hydrogens is 294 g/mol. The van der Waals surface area contributed by atoms with Crippen molar-refractivity contribution in [1.29, 1.82) is 5.41 Å². The molecule has 0 atom stereocenters. The van der Waals surface area contributed by atoms with Crippen molar-refractivity contribution < 1.29 is 0 Å². The molecule has 0 amide bonds. The highest BCUT2D eigenvalue weighted by Crippen LogP contribution is 2.20. The summed E-state index contributed by atoms with van der Waals surface area (Å²) >= 11 is 3.45. The average molecular weight is 312 g/mol. The van der Waals surface area contributed by atoms with Crippen LogP contribution in [0.5, 0.6) is 0 Å². The number of rotatable bonds is 5. The summed E-state index contributed by atoms with van der Waals surface area (Å²) in [6.07, 6.45) is 2.97. The van der Waals surface area contributed by atoms with Crippen molar-refractivity contribution in [1.82, 2.24) is 0 Å². The lowest BCUT2D eigenvalue weighted by atomic mass is 10.1. The van der Waals surface area contributed by atoms with Crippen molar-refractivity contribution in [3.8, 4) is 0 Å². The first-order chi connectivity index (χ1) is 8.79. The van der Waals surface area contributed by atoms with Crippen LogP contribution in [0.4, 0.5) is 0 Å². The lowest BCUT2D eigenvalue weighted by Crippen LogP contribution is -1.93. The van der Waals surface area contributed by atoms with E-state index >= 15 is 0 Å². The molecule has 0 spiro atoms. The molecule has 0 aliphatic heterocycles. The Labute approximate surface area is 129 Å². The maximum Gasteiger partial charge on any atom is 0.0652 e. The SMILES string of the molecule is CSCCC(=N)SCc1ccc2ccccc2c1.Cl. The third-order valence-electron chi connectivity index (χ3n) is 2.76. The highest BCUT2D eigenvalue weighted by atomic mass is 35.5. The number of benzene rings is 2. The molecule has 0 fully saturated rings. The second-order valence-electron chi connectivity index (χ2n) is 4.14. The summed E-state index contributed by atoms with van der Waals surface area (Å²) in [4.78, 5) is 0. The number of thioether (sulfide) groups is 2. The second-order valence-corrected chi connectivity index (χ2v) is 6.19. The Kier molecular flexibility index (Phi) is 7.36. The quantitative estimate of drug-likeness (QED) is 0.604. The van der Waals surface area contributed by atoms with E-state index in [1.807, 2.05) is 0 Å². The van der Waals surface area contributed by atoms with Gasteiger partial charge in [-0.25, -0.2) is 0 Å². The summed E-state index contributed by atoms with van der Waals surface area (Å²) < 4.78 is 0. The van der Waals surface area contributed by atoms with E-state index in [9.17, 15) is 0 Å². The first-order valence-electron chi connectivity index (χ1n) is 5.96. The second kappa shape index (κ2) is 8.51. The van der Waals surface area contributed by atoms with Crippen molar-refractivity contribution in [2.75, 3.05) is 12.0 Å². The van der Waals surface area contributed by atoms with Gasteiger partial charge in [-0.05, 0) is 28.3 Å². The van der Waals surface area contributed by atoms with Crippen LogP contribution < -0.4 is 0 Å². The number of hydrogen-bond donors (Lipinski definition) is 1. The topological polar surface area (TPSA) is 23.9 Å². The molecule has 4 heteroatoms. The number of hydrogen-bond acceptors (Lipinski definition) is 3. The van der Waals surface area contributed by atoms with Crippen LogP contribution in [0.1, 0.15) is 12.0 Å². The van der Waals surface area contributed by atoms with Gasteiger partial charge in [0.15, 0.2) is 0 Å². The minimum atomic E-state index is 0. The highest BCUT2D eigenvalue weighted by Gasteiger charge is 2.00. The van der Waals surface area contributed by atoms with E-state index in [1.54, 1.807) is 23.5 Å². The molecule has 0 saturated carbocycles. The molecule has 0 radical (unpaired) electrons. The van der Waals surface area contributed by atoms with Crippen molar-refractivity contribution >= 4 is 51.7 Å². The molecule has 2 rings (SSSR count). The summed E-state index contributed by atoms with van der Waals surface area (Å²) in [7, 11) is 0. The molecule has 0 heterocycles. The standard InChI is InChI=1S/C15H17NS2.ClH/c1-17-9-8-15(16)18-11-12-6-7-13-4-2-3-5-14(13)10-12;/h2-7,10,16H,8-9,11H2,1H3;1H. The smallest absolute Gasteiger partial charge is 0.0652 e. The molecule has 2 aromatic rings. The van der Waals surface area contributed by atoms with Gasteiger partial charge in [0.1, 0.15) is 0 Å². The van der Waals surface area contributed by atoms with Crippen LogP contribution in [-0.2, 0) is 5.75 Å². The fourth-order valence-electron chi connectivity index (χ4n) is 1.77. The van der Waals surface area contributed by atoms with Gasteiger partial charge in [-0.3, -0.25) is 5.41 Å². The predicted octanol–water partition coefficient (Wildman–Crippen LogP) is 5.23. The molecule has 0 saturated heterocycles. The zero-order valence-corrected chi connectivity index (χ0v) is 13.3. The first kappa shape index (κ1) is 16.4. The molecule has 102 valence electrons. The summed E-state index contributed by atoms with van der Waals surface area (Å²) in [6, 6.07) is 15.0. The Bertz CT molecular complexity index is 542. The third kappa shape index (κ3) is 5.09. The molecule has 0 aliphatic rings. The van der Waals surface area contributed by atoms with Crippen LogP contribution in [0.25, 0.3) is 10.8 Å². The molecule has 1 N–H and O–H groups in total. The molecule has 0 aromatic heterocycles. The zero-order chi connectivity index (χ0) is 12.8. The lowest BCUT2D eigenvalue weighted by Gasteiger charge is -2.05. The lowest BCUT2D eigenvalue weighted by molar-refractivity contribution is 1.30. The van der Waals surface area contributed by atoms with Crippen LogP contribution in [0.2, 0.25) is 0 Å². The Morgan fingerprint density at radius 1 is 1.11 bits per heavy atom. The molecular formula is C15H18ClNS2. The van der Waals surface area contributed by atoms with Gasteiger partial charge in [0, 0.05) is 12.2 Å². The monoisotopic (exact) mass is 311 g/mol. The minimum absolute atomic E-state index is 0. The highest BCUT2D eigenvalue weighted by molar-refractivity contribution is 8.13. The van der Waals surface area contributed by atoms with Crippen LogP contribution in [0.15, 0.2) is 42.5 Å². The summed E-state index contributed by atoms with van der Waals surface area (Å²) in [6.45, 7) is 0. The van der Waals surface area contributed by atoms with E-state index in [0.29, 0.717) is 0 Å². The fourth-order valence-corrected chi connectivity index (χ4v) is 3.07. The van der Waals surface area contributed by atoms with Crippen molar-refractivity contribution in [2.24, 2.45) is 0 Å². The van der Waals surface area contributed by atoms with E-state index in [0.717, 1.165) is 23.0 Å². The van der Waals surface area contributed by atoms with Crippen LogP contribution in [0, 0.1) is 5.41 Å².